The Balaban J connectivity index is 1.51. The number of methoxy groups -OCH3 is 1. The van der Waals surface area contributed by atoms with Gasteiger partial charge in [0.25, 0.3) is 0 Å². The van der Waals surface area contributed by atoms with Crippen molar-refractivity contribution in [2.45, 2.75) is 38.6 Å². The van der Waals surface area contributed by atoms with E-state index in [0.29, 0.717) is 36.5 Å². The number of carbonyl (C=O) groups excluding carboxylic acids is 2. The van der Waals surface area contributed by atoms with E-state index in [1.54, 1.807) is 37.7 Å². The van der Waals surface area contributed by atoms with Gasteiger partial charge < -0.3 is 14.4 Å². The van der Waals surface area contributed by atoms with Crippen LogP contribution in [0.25, 0.3) is 0 Å². The molecule has 0 N–H and O–H groups in total. The summed E-state index contributed by atoms with van der Waals surface area (Å²) in [5.41, 5.74) is 1.72. The molecule has 1 amide bonds. The largest absolute Gasteiger partial charge is 0.493 e. The number of Topliss-reactive ketones (excluding diaryl/α,β-unsaturated/α-hetero) is 1. The number of rotatable bonds is 8. The van der Waals surface area contributed by atoms with E-state index in [9.17, 15) is 9.59 Å². The first-order valence-corrected chi connectivity index (χ1v) is 9.61. The Kier molecular flexibility index (Phi) is 6.63. The summed E-state index contributed by atoms with van der Waals surface area (Å²) >= 11 is 0. The second-order valence-electron chi connectivity index (χ2n) is 6.90. The number of amides is 1. The number of pyridine rings is 1. The van der Waals surface area contributed by atoms with Gasteiger partial charge in [-0.15, -0.1) is 0 Å². The van der Waals surface area contributed by atoms with Crippen LogP contribution in [-0.4, -0.2) is 41.8 Å². The van der Waals surface area contributed by atoms with Crippen LogP contribution >= 0.6 is 0 Å². The molecule has 3 rings (SSSR count). The molecule has 0 bridgehead atoms. The topological polar surface area (TPSA) is 68.7 Å². The molecule has 0 spiro atoms. The lowest BCUT2D eigenvalue weighted by Gasteiger charge is -2.25. The zero-order chi connectivity index (χ0) is 19.9. The quantitative estimate of drug-likeness (QED) is 0.513. The second kappa shape index (κ2) is 9.35. The van der Waals surface area contributed by atoms with Gasteiger partial charge in [-0.1, -0.05) is 0 Å². The van der Waals surface area contributed by atoms with E-state index in [2.05, 4.69) is 4.98 Å². The molecular formula is C22H26N2O4. The SMILES string of the molecule is COc1cc(C(C)=O)ccc1OCCCC(=O)N1CCC[C@@H]1c1ccncc1. The van der Waals surface area contributed by atoms with Crippen LogP contribution in [0.1, 0.15) is 54.6 Å². The van der Waals surface area contributed by atoms with Crippen LogP contribution in [0.2, 0.25) is 0 Å². The number of likely N-dealkylation sites (tertiary alicyclic amines) is 1. The second-order valence-corrected chi connectivity index (χ2v) is 6.90. The molecule has 0 aliphatic carbocycles. The minimum Gasteiger partial charge on any atom is -0.493 e. The molecular weight excluding hydrogens is 356 g/mol. The van der Waals surface area contributed by atoms with E-state index < -0.39 is 0 Å². The van der Waals surface area contributed by atoms with Gasteiger partial charge in [0, 0.05) is 30.9 Å². The summed E-state index contributed by atoms with van der Waals surface area (Å²) in [4.78, 5) is 30.2. The summed E-state index contributed by atoms with van der Waals surface area (Å²) in [5, 5.41) is 0. The summed E-state index contributed by atoms with van der Waals surface area (Å²) in [6.45, 7) is 2.72. The number of hydrogen-bond acceptors (Lipinski definition) is 5. The highest BCUT2D eigenvalue weighted by molar-refractivity contribution is 5.94. The molecule has 1 aromatic carbocycles. The first-order valence-electron chi connectivity index (χ1n) is 9.61. The van der Waals surface area contributed by atoms with Crippen LogP contribution in [-0.2, 0) is 4.79 Å². The molecule has 148 valence electrons. The molecule has 1 saturated heterocycles. The lowest BCUT2D eigenvalue weighted by atomic mass is 10.1. The van der Waals surface area contributed by atoms with Crippen LogP contribution in [0.5, 0.6) is 11.5 Å². The maximum absolute atomic E-state index is 12.7. The molecule has 1 aliphatic heterocycles. The predicted molar refractivity (Wildman–Crippen MR) is 106 cm³/mol. The van der Waals surface area contributed by atoms with Crippen molar-refractivity contribution in [3.05, 3.63) is 53.9 Å². The van der Waals surface area contributed by atoms with Gasteiger partial charge in [0.2, 0.25) is 5.91 Å². The minimum absolute atomic E-state index is 0.0233. The number of hydrogen-bond donors (Lipinski definition) is 0. The highest BCUT2D eigenvalue weighted by atomic mass is 16.5. The minimum atomic E-state index is -0.0233. The fourth-order valence-corrected chi connectivity index (χ4v) is 3.55. The van der Waals surface area contributed by atoms with Gasteiger partial charge in [-0.2, -0.15) is 0 Å². The van der Waals surface area contributed by atoms with Gasteiger partial charge in [-0.3, -0.25) is 14.6 Å². The summed E-state index contributed by atoms with van der Waals surface area (Å²) in [5.74, 6) is 1.23. The van der Waals surface area contributed by atoms with Crippen molar-refractivity contribution in [2.75, 3.05) is 20.3 Å². The highest BCUT2D eigenvalue weighted by Gasteiger charge is 2.29. The summed E-state index contributed by atoms with van der Waals surface area (Å²) in [6, 6.07) is 9.24. The lowest BCUT2D eigenvalue weighted by molar-refractivity contribution is -0.132. The van der Waals surface area contributed by atoms with E-state index in [0.717, 1.165) is 24.9 Å². The molecule has 1 aromatic heterocycles. The third-order valence-corrected chi connectivity index (χ3v) is 5.03. The maximum Gasteiger partial charge on any atom is 0.223 e. The zero-order valence-electron chi connectivity index (χ0n) is 16.4. The predicted octanol–water partition coefficient (Wildman–Crippen LogP) is 3.82. The molecule has 2 aromatic rings. The van der Waals surface area contributed by atoms with Gasteiger partial charge >= 0.3 is 0 Å². The van der Waals surface area contributed by atoms with Gasteiger partial charge in [0.15, 0.2) is 17.3 Å². The number of ketones is 1. The van der Waals surface area contributed by atoms with Gasteiger partial charge in [0.05, 0.1) is 19.8 Å². The van der Waals surface area contributed by atoms with E-state index >= 15 is 0 Å². The van der Waals surface area contributed by atoms with Crippen molar-refractivity contribution in [3.63, 3.8) is 0 Å². The average Bonchev–Trinajstić information content (AvgIpc) is 3.21. The molecule has 6 heteroatoms. The monoisotopic (exact) mass is 382 g/mol. The fraction of sp³-hybridized carbons (Fsp3) is 0.409. The normalized spacial score (nSPS) is 16.1. The lowest BCUT2D eigenvalue weighted by Crippen LogP contribution is -2.30. The summed E-state index contributed by atoms with van der Waals surface area (Å²) < 4.78 is 11.1. The van der Waals surface area contributed by atoms with Crippen LogP contribution in [0.4, 0.5) is 0 Å². The van der Waals surface area contributed by atoms with Gasteiger partial charge in [-0.25, -0.2) is 0 Å². The molecule has 6 nitrogen and oxygen atoms in total. The third kappa shape index (κ3) is 4.68. The summed E-state index contributed by atoms with van der Waals surface area (Å²) in [7, 11) is 1.54. The van der Waals surface area contributed by atoms with Crippen molar-refractivity contribution < 1.29 is 19.1 Å². The average molecular weight is 382 g/mol. The Labute approximate surface area is 165 Å². The molecule has 0 saturated carbocycles. The van der Waals surface area contributed by atoms with Crippen molar-refractivity contribution in [3.8, 4) is 11.5 Å². The Bertz CT molecular complexity index is 823. The Morgan fingerprint density at radius 1 is 1.18 bits per heavy atom. The first-order chi connectivity index (χ1) is 13.6. The van der Waals surface area contributed by atoms with Crippen molar-refractivity contribution >= 4 is 11.7 Å². The van der Waals surface area contributed by atoms with Gasteiger partial charge in [-0.05, 0) is 62.1 Å². The fourth-order valence-electron chi connectivity index (χ4n) is 3.55. The van der Waals surface area contributed by atoms with E-state index in [1.165, 1.54) is 6.92 Å². The number of nitrogens with zero attached hydrogens (tertiary/aromatic N) is 2. The van der Waals surface area contributed by atoms with Crippen LogP contribution < -0.4 is 9.47 Å². The maximum atomic E-state index is 12.7. The standard InChI is InChI=1S/C22H26N2O4/c1-16(25)18-7-8-20(21(15-18)27-2)28-14-4-6-22(26)24-13-3-5-19(24)17-9-11-23-12-10-17/h7-12,15,19H,3-6,13-14H2,1-2H3/t19-/m1/s1. The molecule has 0 unspecified atom stereocenters. The third-order valence-electron chi connectivity index (χ3n) is 5.03. The van der Waals surface area contributed by atoms with Crippen molar-refractivity contribution in [1.82, 2.24) is 9.88 Å². The van der Waals surface area contributed by atoms with Crippen LogP contribution in [0.15, 0.2) is 42.7 Å². The van der Waals surface area contributed by atoms with E-state index in [1.807, 2.05) is 17.0 Å². The molecule has 1 atom stereocenters. The van der Waals surface area contributed by atoms with Gasteiger partial charge in [0.1, 0.15) is 0 Å². The summed E-state index contributed by atoms with van der Waals surface area (Å²) in [6.07, 6.45) is 6.62. The first kappa shape index (κ1) is 19.9. The number of ether oxygens (including phenoxy) is 2. The van der Waals surface area contributed by atoms with Crippen LogP contribution in [0.3, 0.4) is 0 Å². The Morgan fingerprint density at radius 2 is 1.96 bits per heavy atom. The molecule has 1 aliphatic rings. The highest BCUT2D eigenvalue weighted by Crippen LogP contribution is 2.32. The number of aromatic nitrogens is 1. The smallest absolute Gasteiger partial charge is 0.223 e. The van der Waals surface area contributed by atoms with Crippen LogP contribution in [0, 0.1) is 0 Å². The molecule has 2 heterocycles. The Morgan fingerprint density at radius 3 is 2.68 bits per heavy atom. The number of carbonyl (C=O) groups is 2. The zero-order valence-corrected chi connectivity index (χ0v) is 16.4. The molecule has 28 heavy (non-hydrogen) atoms. The van der Waals surface area contributed by atoms with E-state index in [-0.39, 0.29) is 17.7 Å². The molecule has 1 fully saturated rings. The Hall–Kier alpha value is -2.89. The molecule has 0 radical (unpaired) electrons. The van der Waals surface area contributed by atoms with Crippen molar-refractivity contribution in [2.24, 2.45) is 0 Å². The van der Waals surface area contributed by atoms with E-state index in [4.69, 9.17) is 9.47 Å². The van der Waals surface area contributed by atoms with Crippen molar-refractivity contribution in [1.29, 1.82) is 0 Å². The number of benzene rings is 1.